The maximum absolute atomic E-state index is 11.5. The van der Waals surface area contributed by atoms with E-state index in [-0.39, 0.29) is 0 Å². The smallest absolute Gasteiger partial charge is 0.166 e. The predicted octanol–water partition coefficient (Wildman–Crippen LogP) is 2.46. The van der Waals surface area contributed by atoms with Crippen molar-refractivity contribution in [3.05, 3.63) is 23.5 Å². The Balaban J connectivity index is 0.000000354. The summed E-state index contributed by atoms with van der Waals surface area (Å²) in [5.41, 5.74) is 0.980. The van der Waals surface area contributed by atoms with Gasteiger partial charge in [0.2, 0.25) is 0 Å². The number of Topliss-reactive ketones (excluding diaryl/α,β-unsaturated/α-hetero) is 1. The Hall–Kier alpha value is -1.05. The molecule has 2 atom stereocenters. The Morgan fingerprint density at radius 3 is 3.00 bits per heavy atom. The molecule has 2 aliphatic carbocycles. The zero-order chi connectivity index (χ0) is 10.1. The number of ketones is 1. The fraction of sp³-hybridized carbons (Fsp3) is 0.583. The molecule has 0 spiro atoms. The van der Waals surface area contributed by atoms with E-state index in [0.717, 1.165) is 17.8 Å². The first kappa shape index (κ1) is 9.50. The Morgan fingerprint density at radius 1 is 1.43 bits per heavy atom. The SMILES string of the molecule is CC.O=C1CCOC2=C1C1CC1C=C2. The Bertz CT molecular complexity index is 312. The van der Waals surface area contributed by atoms with Crippen LogP contribution in [0.3, 0.4) is 0 Å². The Kier molecular flexibility index (Phi) is 2.44. The van der Waals surface area contributed by atoms with Crippen molar-refractivity contribution in [2.45, 2.75) is 26.7 Å². The third kappa shape index (κ3) is 1.39. The number of rotatable bonds is 0. The summed E-state index contributed by atoms with van der Waals surface area (Å²) in [7, 11) is 0. The molecular formula is C12H16O2. The van der Waals surface area contributed by atoms with Gasteiger partial charge in [0.1, 0.15) is 5.76 Å². The lowest BCUT2D eigenvalue weighted by molar-refractivity contribution is -0.118. The molecule has 0 aromatic carbocycles. The van der Waals surface area contributed by atoms with Crippen LogP contribution in [0.25, 0.3) is 0 Å². The average Bonchev–Trinajstić information content (AvgIpc) is 3.00. The fourth-order valence-corrected chi connectivity index (χ4v) is 2.10. The molecule has 14 heavy (non-hydrogen) atoms. The van der Waals surface area contributed by atoms with E-state index in [4.69, 9.17) is 4.74 Å². The van der Waals surface area contributed by atoms with E-state index in [1.165, 1.54) is 0 Å². The number of fused-ring (bicyclic) bond motifs is 2. The van der Waals surface area contributed by atoms with Gasteiger partial charge in [-0.15, -0.1) is 0 Å². The Labute approximate surface area is 84.6 Å². The first-order valence-electron chi connectivity index (χ1n) is 5.44. The van der Waals surface area contributed by atoms with Crippen LogP contribution in [0.4, 0.5) is 0 Å². The van der Waals surface area contributed by atoms with Crippen LogP contribution in [0.1, 0.15) is 26.7 Å². The summed E-state index contributed by atoms with van der Waals surface area (Å²) in [6.45, 7) is 4.57. The van der Waals surface area contributed by atoms with E-state index in [0.29, 0.717) is 30.6 Å². The lowest BCUT2D eigenvalue weighted by Gasteiger charge is -2.20. The quantitative estimate of drug-likeness (QED) is 0.589. The zero-order valence-corrected chi connectivity index (χ0v) is 8.75. The van der Waals surface area contributed by atoms with E-state index in [1.807, 2.05) is 19.9 Å². The van der Waals surface area contributed by atoms with Crippen molar-refractivity contribution < 1.29 is 9.53 Å². The van der Waals surface area contributed by atoms with Crippen LogP contribution in [0, 0.1) is 11.8 Å². The molecule has 2 heteroatoms. The molecule has 1 heterocycles. The topological polar surface area (TPSA) is 26.3 Å². The van der Waals surface area contributed by atoms with Crippen molar-refractivity contribution in [2.24, 2.45) is 11.8 Å². The number of allylic oxidation sites excluding steroid dienone is 3. The summed E-state index contributed by atoms with van der Waals surface area (Å²) in [5, 5.41) is 0. The van der Waals surface area contributed by atoms with Crippen molar-refractivity contribution >= 4 is 5.78 Å². The van der Waals surface area contributed by atoms with Crippen LogP contribution in [-0.2, 0) is 9.53 Å². The number of hydrogen-bond acceptors (Lipinski definition) is 2. The van der Waals surface area contributed by atoms with Gasteiger partial charge in [-0.25, -0.2) is 0 Å². The highest BCUT2D eigenvalue weighted by molar-refractivity contribution is 5.98. The van der Waals surface area contributed by atoms with E-state index >= 15 is 0 Å². The van der Waals surface area contributed by atoms with Crippen LogP contribution in [0.15, 0.2) is 23.5 Å². The number of hydrogen-bond donors (Lipinski definition) is 0. The molecule has 0 aromatic heterocycles. The molecule has 3 aliphatic rings. The van der Waals surface area contributed by atoms with E-state index < -0.39 is 0 Å². The first-order chi connectivity index (χ1) is 6.86. The minimum Gasteiger partial charge on any atom is -0.493 e. The molecule has 2 unspecified atom stereocenters. The third-order valence-corrected chi connectivity index (χ3v) is 2.86. The number of ether oxygens (including phenoxy) is 1. The molecule has 2 nitrogen and oxygen atoms in total. The van der Waals surface area contributed by atoms with Gasteiger partial charge in [-0.3, -0.25) is 4.79 Å². The molecule has 1 aliphatic heterocycles. The summed E-state index contributed by atoms with van der Waals surface area (Å²) >= 11 is 0. The van der Waals surface area contributed by atoms with E-state index in [2.05, 4.69) is 6.08 Å². The number of carbonyl (C=O) groups excluding carboxylic acids is 1. The summed E-state index contributed by atoms with van der Waals surface area (Å²) in [4.78, 5) is 11.5. The van der Waals surface area contributed by atoms with Gasteiger partial charge >= 0.3 is 0 Å². The normalized spacial score (nSPS) is 32.3. The highest BCUT2D eigenvalue weighted by Gasteiger charge is 2.45. The van der Waals surface area contributed by atoms with Gasteiger partial charge in [0, 0.05) is 12.0 Å². The molecular weight excluding hydrogens is 176 g/mol. The lowest BCUT2D eigenvalue weighted by Crippen LogP contribution is -2.19. The standard InChI is InChI=1S/C10H10O2.C2H6/c11-8-3-4-12-9-2-1-6-5-7(6)10(8)9;1-2/h1-2,6-7H,3-5H2;1-2H3. The molecule has 0 aromatic rings. The van der Waals surface area contributed by atoms with Crippen LogP contribution >= 0.6 is 0 Å². The van der Waals surface area contributed by atoms with Gasteiger partial charge in [0.15, 0.2) is 5.78 Å². The van der Waals surface area contributed by atoms with Gasteiger partial charge in [0.05, 0.1) is 6.61 Å². The maximum atomic E-state index is 11.5. The first-order valence-corrected chi connectivity index (χ1v) is 5.44. The van der Waals surface area contributed by atoms with Crippen molar-refractivity contribution in [3.8, 4) is 0 Å². The van der Waals surface area contributed by atoms with Gasteiger partial charge in [-0.05, 0) is 24.3 Å². The van der Waals surface area contributed by atoms with Gasteiger partial charge < -0.3 is 4.74 Å². The molecule has 0 saturated heterocycles. The minimum atomic E-state index is 0.313. The fourth-order valence-electron chi connectivity index (χ4n) is 2.10. The largest absolute Gasteiger partial charge is 0.493 e. The predicted molar refractivity (Wildman–Crippen MR) is 54.7 cm³/mol. The molecule has 3 rings (SSSR count). The van der Waals surface area contributed by atoms with Crippen molar-refractivity contribution in [3.63, 3.8) is 0 Å². The van der Waals surface area contributed by atoms with Crippen LogP contribution in [0.5, 0.6) is 0 Å². The van der Waals surface area contributed by atoms with Crippen molar-refractivity contribution in [1.82, 2.24) is 0 Å². The van der Waals surface area contributed by atoms with Crippen LogP contribution < -0.4 is 0 Å². The zero-order valence-electron chi connectivity index (χ0n) is 8.75. The van der Waals surface area contributed by atoms with E-state index in [9.17, 15) is 4.79 Å². The Morgan fingerprint density at radius 2 is 2.21 bits per heavy atom. The molecule has 0 bridgehead atoms. The van der Waals surface area contributed by atoms with Gasteiger partial charge in [-0.1, -0.05) is 19.9 Å². The summed E-state index contributed by atoms with van der Waals surface area (Å²) in [6, 6.07) is 0. The van der Waals surface area contributed by atoms with Crippen LogP contribution in [0.2, 0.25) is 0 Å². The second kappa shape index (κ2) is 3.60. The summed E-state index contributed by atoms with van der Waals surface area (Å²) < 4.78 is 5.42. The summed E-state index contributed by atoms with van der Waals surface area (Å²) in [5.74, 6) is 2.32. The second-order valence-corrected chi connectivity index (χ2v) is 3.66. The lowest BCUT2D eigenvalue weighted by atomic mass is 9.96. The van der Waals surface area contributed by atoms with Crippen molar-refractivity contribution in [1.29, 1.82) is 0 Å². The average molecular weight is 192 g/mol. The molecule has 0 radical (unpaired) electrons. The van der Waals surface area contributed by atoms with Crippen LogP contribution in [-0.4, -0.2) is 12.4 Å². The number of carbonyl (C=O) groups is 1. The van der Waals surface area contributed by atoms with Gasteiger partial charge in [-0.2, -0.15) is 0 Å². The third-order valence-electron chi connectivity index (χ3n) is 2.86. The molecule has 0 N–H and O–H groups in total. The highest BCUT2D eigenvalue weighted by Crippen LogP contribution is 2.50. The van der Waals surface area contributed by atoms with E-state index in [1.54, 1.807) is 0 Å². The molecule has 0 amide bonds. The molecule has 76 valence electrons. The van der Waals surface area contributed by atoms with Crippen molar-refractivity contribution in [2.75, 3.05) is 6.61 Å². The second-order valence-electron chi connectivity index (χ2n) is 3.66. The maximum Gasteiger partial charge on any atom is 0.166 e. The minimum absolute atomic E-state index is 0.313. The highest BCUT2D eigenvalue weighted by atomic mass is 16.5. The molecule has 1 fully saturated rings. The van der Waals surface area contributed by atoms with Gasteiger partial charge in [0.25, 0.3) is 0 Å². The summed E-state index contributed by atoms with van der Waals surface area (Å²) in [6.07, 6.45) is 5.88. The monoisotopic (exact) mass is 192 g/mol. The molecule has 1 saturated carbocycles.